The van der Waals surface area contributed by atoms with Gasteiger partial charge < -0.3 is 20.3 Å². The number of hydrogen-bond donors (Lipinski definition) is 3. The highest BCUT2D eigenvalue weighted by molar-refractivity contribution is 5.91. The molecule has 3 aliphatic rings. The molecule has 2 heterocycles. The van der Waals surface area contributed by atoms with Crippen LogP contribution < -0.4 is 5.32 Å². The summed E-state index contributed by atoms with van der Waals surface area (Å²) in [7, 11) is 0. The lowest BCUT2D eigenvalue weighted by atomic mass is 9.46. The average molecular weight is 441 g/mol. The van der Waals surface area contributed by atoms with E-state index in [2.05, 4.69) is 23.8 Å². The molecule has 1 aromatic rings. The van der Waals surface area contributed by atoms with E-state index in [4.69, 9.17) is 4.74 Å². The highest BCUT2D eigenvalue weighted by atomic mass is 16.5. The zero-order valence-electron chi connectivity index (χ0n) is 19.2. The summed E-state index contributed by atoms with van der Waals surface area (Å²) in [5, 5.41) is 24.6. The predicted molar refractivity (Wildman–Crippen MR) is 122 cm³/mol. The molecule has 0 aromatic carbocycles. The first kappa shape index (κ1) is 23.1. The molecule has 0 bridgehead atoms. The lowest BCUT2D eigenvalue weighted by Gasteiger charge is -2.60. The van der Waals surface area contributed by atoms with Crippen molar-refractivity contribution < 1.29 is 19.7 Å². The molecule has 32 heavy (non-hydrogen) atoms. The number of nitrogens with one attached hydrogen (secondary N) is 1. The van der Waals surface area contributed by atoms with Crippen LogP contribution in [0.4, 0.5) is 0 Å². The summed E-state index contributed by atoms with van der Waals surface area (Å²) in [5.74, 6) is 0.112. The zero-order valence-corrected chi connectivity index (χ0v) is 19.2. The molecule has 6 heteroatoms. The Kier molecular flexibility index (Phi) is 6.57. The molecule has 2 unspecified atom stereocenters. The van der Waals surface area contributed by atoms with E-state index in [-0.39, 0.29) is 35.9 Å². The Bertz CT molecular complexity index is 885. The van der Waals surface area contributed by atoms with Gasteiger partial charge in [-0.3, -0.25) is 4.98 Å². The van der Waals surface area contributed by atoms with Crippen molar-refractivity contribution in [3.8, 4) is 0 Å². The standard InChI is InChI=1S/C26H36N2O4/c1-17-7-8-22-25(2,11-9-23(30)26(22,3)16-29)20(17)14-21(19-10-13-32-24(19)31)28-15-18-6-4-5-12-27-18/h4-6,10,12,20-23,28-30H,1,7-9,11,13-16H2,2-3H3/t20-,21?,22?,23-,25+,26+/m1/s1. The minimum atomic E-state index is -0.519. The topological polar surface area (TPSA) is 91.7 Å². The second-order valence-electron chi connectivity index (χ2n) is 10.3. The zero-order chi connectivity index (χ0) is 22.9. The van der Waals surface area contributed by atoms with Crippen LogP contribution in [0.1, 0.15) is 51.6 Å². The molecule has 0 radical (unpaired) electrons. The molecule has 2 fully saturated rings. The third-order valence-corrected chi connectivity index (χ3v) is 8.55. The molecule has 0 amide bonds. The Hall–Kier alpha value is -2.02. The van der Waals surface area contributed by atoms with Gasteiger partial charge >= 0.3 is 5.97 Å². The van der Waals surface area contributed by atoms with Crippen LogP contribution in [0, 0.1) is 22.7 Å². The first-order chi connectivity index (χ1) is 15.3. The lowest BCUT2D eigenvalue weighted by molar-refractivity contribution is -0.153. The van der Waals surface area contributed by atoms with Gasteiger partial charge in [-0.15, -0.1) is 0 Å². The molecule has 0 spiro atoms. The van der Waals surface area contributed by atoms with Crippen molar-refractivity contribution in [1.29, 1.82) is 0 Å². The van der Waals surface area contributed by atoms with E-state index in [9.17, 15) is 15.0 Å². The normalized spacial score (nSPS) is 35.8. The van der Waals surface area contributed by atoms with Gasteiger partial charge in [0, 0.05) is 24.2 Å². The van der Waals surface area contributed by atoms with E-state index in [0.717, 1.165) is 31.4 Å². The average Bonchev–Trinajstić information content (AvgIpc) is 3.22. The Labute approximate surface area is 190 Å². The molecule has 174 valence electrons. The van der Waals surface area contributed by atoms with Crippen LogP contribution in [0.3, 0.4) is 0 Å². The van der Waals surface area contributed by atoms with Gasteiger partial charge in [-0.2, -0.15) is 0 Å². The third kappa shape index (κ3) is 4.04. The van der Waals surface area contributed by atoms with Gasteiger partial charge in [0.25, 0.3) is 0 Å². The van der Waals surface area contributed by atoms with Crippen LogP contribution in [0.15, 0.2) is 48.2 Å². The van der Waals surface area contributed by atoms with Crippen molar-refractivity contribution in [2.45, 2.75) is 64.6 Å². The van der Waals surface area contributed by atoms with Crippen molar-refractivity contribution in [2.24, 2.45) is 22.7 Å². The molecule has 6 nitrogen and oxygen atoms in total. The number of aliphatic hydroxyl groups excluding tert-OH is 2. The van der Waals surface area contributed by atoms with E-state index in [1.54, 1.807) is 6.20 Å². The number of carbonyl (C=O) groups excluding carboxylic acids is 1. The van der Waals surface area contributed by atoms with Crippen molar-refractivity contribution in [2.75, 3.05) is 13.2 Å². The Morgan fingerprint density at radius 2 is 2.16 bits per heavy atom. The van der Waals surface area contributed by atoms with E-state index < -0.39 is 11.5 Å². The van der Waals surface area contributed by atoms with Gasteiger partial charge in [-0.1, -0.05) is 32.1 Å². The van der Waals surface area contributed by atoms with E-state index >= 15 is 0 Å². The molecule has 1 aromatic heterocycles. The highest BCUT2D eigenvalue weighted by Crippen LogP contribution is 2.61. The lowest BCUT2D eigenvalue weighted by Crippen LogP contribution is -2.58. The summed E-state index contributed by atoms with van der Waals surface area (Å²) in [4.78, 5) is 16.9. The first-order valence-electron chi connectivity index (χ1n) is 11.8. The molecule has 1 aliphatic heterocycles. The minimum absolute atomic E-state index is 0.0214. The maximum atomic E-state index is 12.5. The third-order valence-electron chi connectivity index (χ3n) is 8.55. The maximum absolute atomic E-state index is 12.5. The molecule has 6 atom stereocenters. The van der Waals surface area contributed by atoms with Gasteiger partial charge in [0.15, 0.2) is 0 Å². The fourth-order valence-electron chi connectivity index (χ4n) is 6.58. The number of cyclic esters (lactones) is 1. The number of nitrogens with zero attached hydrogens (tertiary/aromatic N) is 1. The van der Waals surface area contributed by atoms with Crippen LogP contribution in [-0.4, -0.2) is 46.5 Å². The summed E-state index contributed by atoms with van der Waals surface area (Å²) >= 11 is 0. The number of esters is 1. The maximum Gasteiger partial charge on any atom is 0.335 e. The predicted octanol–water partition coefficient (Wildman–Crippen LogP) is 3.16. The quantitative estimate of drug-likeness (QED) is 0.446. The monoisotopic (exact) mass is 440 g/mol. The van der Waals surface area contributed by atoms with Crippen molar-refractivity contribution >= 4 is 5.97 Å². The van der Waals surface area contributed by atoms with Crippen molar-refractivity contribution in [3.63, 3.8) is 0 Å². The summed E-state index contributed by atoms with van der Waals surface area (Å²) in [6.45, 7) is 9.61. The number of rotatable bonds is 7. The first-order valence-corrected chi connectivity index (χ1v) is 11.8. The molecule has 2 aliphatic carbocycles. The second kappa shape index (κ2) is 9.08. The number of ether oxygens (including phenoxy) is 1. The smallest absolute Gasteiger partial charge is 0.335 e. The molecular weight excluding hydrogens is 404 g/mol. The summed E-state index contributed by atoms with van der Waals surface area (Å²) in [6, 6.07) is 5.65. The Morgan fingerprint density at radius 1 is 1.34 bits per heavy atom. The summed E-state index contributed by atoms with van der Waals surface area (Å²) < 4.78 is 5.24. The Morgan fingerprint density at radius 3 is 2.81 bits per heavy atom. The van der Waals surface area contributed by atoms with E-state index in [1.165, 1.54) is 5.57 Å². The Balaban J connectivity index is 1.61. The minimum Gasteiger partial charge on any atom is -0.458 e. The van der Waals surface area contributed by atoms with Gasteiger partial charge in [0.2, 0.25) is 0 Å². The van der Waals surface area contributed by atoms with Crippen LogP contribution in [0.2, 0.25) is 0 Å². The van der Waals surface area contributed by atoms with Gasteiger partial charge in [-0.05, 0) is 67.6 Å². The van der Waals surface area contributed by atoms with Gasteiger partial charge in [0.1, 0.15) is 6.61 Å². The van der Waals surface area contributed by atoms with Crippen molar-refractivity contribution in [3.05, 3.63) is 53.9 Å². The number of aliphatic hydroxyl groups is 2. The SMILES string of the molecule is C=C1CCC2[C@](C)(CO)[C@H](O)CC[C@@]2(C)[C@@H]1CC(NCc1ccccn1)C1=CCOC1=O. The molecule has 3 N–H and O–H groups in total. The van der Waals surface area contributed by atoms with Crippen LogP contribution in [-0.2, 0) is 16.1 Å². The van der Waals surface area contributed by atoms with Crippen molar-refractivity contribution in [1.82, 2.24) is 10.3 Å². The molecule has 0 saturated heterocycles. The number of pyridine rings is 1. The number of allylic oxidation sites excluding steroid dienone is 1. The van der Waals surface area contributed by atoms with Crippen LogP contribution in [0.5, 0.6) is 0 Å². The fraction of sp³-hybridized carbons (Fsp3) is 0.615. The number of hydrogen-bond acceptors (Lipinski definition) is 6. The van der Waals surface area contributed by atoms with E-state index in [1.807, 2.05) is 31.2 Å². The molecule has 4 rings (SSSR count). The largest absolute Gasteiger partial charge is 0.458 e. The van der Waals surface area contributed by atoms with Gasteiger partial charge in [-0.25, -0.2) is 4.79 Å². The molecular formula is C26H36N2O4. The second-order valence-corrected chi connectivity index (χ2v) is 10.3. The highest BCUT2D eigenvalue weighted by Gasteiger charge is 2.57. The van der Waals surface area contributed by atoms with E-state index in [0.29, 0.717) is 25.1 Å². The fourth-order valence-corrected chi connectivity index (χ4v) is 6.58. The number of fused-ring (bicyclic) bond motifs is 1. The molecule has 2 saturated carbocycles. The number of carbonyl (C=O) groups is 1. The van der Waals surface area contributed by atoms with Crippen LogP contribution in [0.25, 0.3) is 0 Å². The van der Waals surface area contributed by atoms with Crippen LogP contribution >= 0.6 is 0 Å². The summed E-state index contributed by atoms with van der Waals surface area (Å²) in [6.07, 6.45) is 7.25. The van der Waals surface area contributed by atoms with Gasteiger partial charge in [0.05, 0.1) is 24.0 Å². The summed E-state index contributed by atoms with van der Waals surface area (Å²) in [5.41, 5.74) is 2.19. The number of aromatic nitrogens is 1.